The third-order valence-electron chi connectivity index (χ3n) is 3.74. The van der Waals surface area contributed by atoms with Crippen molar-refractivity contribution in [2.45, 2.75) is 51.6 Å². The predicted molar refractivity (Wildman–Crippen MR) is 79.7 cm³/mol. The van der Waals surface area contributed by atoms with Crippen molar-refractivity contribution in [3.05, 3.63) is 34.2 Å². The number of rotatable bonds is 3. The molecule has 3 heterocycles. The highest BCUT2D eigenvalue weighted by Crippen LogP contribution is 2.34. The number of hydrogen-bond donors (Lipinski definition) is 0. The van der Waals surface area contributed by atoms with Crippen molar-refractivity contribution in [2.75, 3.05) is 6.54 Å². The van der Waals surface area contributed by atoms with Gasteiger partial charge in [0.15, 0.2) is 0 Å². The van der Waals surface area contributed by atoms with Gasteiger partial charge in [-0.3, -0.25) is 4.90 Å². The van der Waals surface area contributed by atoms with Gasteiger partial charge in [-0.1, -0.05) is 20.8 Å². The Morgan fingerprint density at radius 1 is 1.40 bits per heavy atom. The third kappa shape index (κ3) is 2.79. The molecule has 0 aliphatic carbocycles. The van der Waals surface area contributed by atoms with Gasteiger partial charge >= 0.3 is 0 Å². The van der Waals surface area contributed by atoms with Gasteiger partial charge < -0.3 is 4.42 Å². The highest BCUT2D eigenvalue weighted by molar-refractivity contribution is 7.07. The molecule has 108 valence electrons. The molecule has 0 spiro atoms. The predicted octanol–water partition coefficient (Wildman–Crippen LogP) is 3.77. The molecule has 20 heavy (non-hydrogen) atoms. The lowest BCUT2D eigenvalue weighted by Gasteiger charge is -2.22. The molecule has 1 aliphatic heterocycles. The Hall–Kier alpha value is -1.20. The van der Waals surface area contributed by atoms with Gasteiger partial charge in [-0.25, -0.2) is 0 Å². The molecule has 1 fully saturated rings. The van der Waals surface area contributed by atoms with Gasteiger partial charge in [0.1, 0.15) is 0 Å². The average Bonchev–Trinajstić information content (AvgIpc) is 3.08. The fourth-order valence-electron chi connectivity index (χ4n) is 2.65. The lowest BCUT2D eigenvalue weighted by atomic mass is 9.97. The van der Waals surface area contributed by atoms with E-state index in [-0.39, 0.29) is 5.41 Å². The van der Waals surface area contributed by atoms with E-state index in [1.54, 1.807) is 11.3 Å². The third-order valence-corrected chi connectivity index (χ3v) is 4.44. The van der Waals surface area contributed by atoms with E-state index in [9.17, 15) is 0 Å². The van der Waals surface area contributed by atoms with Crippen LogP contribution in [0, 0.1) is 0 Å². The Morgan fingerprint density at radius 2 is 2.25 bits per heavy atom. The summed E-state index contributed by atoms with van der Waals surface area (Å²) in [5, 5.41) is 12.8. The molecule has 0 aromatic carbocycles. The number of likely N-dealkylation sites (tertiary alicyclic amines) is 1. The molecule has 4 nitrogen and oxygen atoms in total. The minimum Gasteiger partial charge on any atom is -0.423 e. The van der Waals surface area contributed by atoms with Crippen LogP contribution in [0.25, 0.3) is 0 Å². The van der Waals surface area contributed by atoms with Crippen molar-refractivity contribution >= 4 is 11.3 Å². The molecule has 0 radical (unpaired) electrons. The van der Waals surface area contributed by atoms with E-state index in [1.165, 1.54) is 18.4 Å². The van der Waals surface area contributed by atoms with E-state index in [2.05, 4.69) is 52.7 Å². The van der Waals surface area contributed by atoms with Gasteiger partial charge in [0.25, 0.3) is 0 Å². The van der Waals surface area contributed by atoms with Gasteiger partial charge in [-0.15, -0.1) is 10.2 Å². The zero-order valence-corrected chi connectivity index (χ0v) is 13.1. The second kappa shape index (κ2) is 5.30. The van der Waals surface area contributed by atoms with E-state index < -0.39 is 0 Å². The van der Waals surface area contributed by atoms with Gasteiger partial charge in [-0.05, 0) is 41.8 Å². The van der Waals surface area contributed by atoms with Crippen molar-refractivity contribution in [1.82, 2.24) is 15.1 Å². The Bertz CT molecular complexity index is 556. The highest BCUT2D eigenvalue weighted by atomic mass is 32.1. The molecular weight excluding hydrogens is 270 g/mol. The van der Waals surface area contributed by atoms with Crippen LogP contribution in [0.5, 0.6) is 0 Å². The van der Waals surface area contributed by atoms with E-state index in [0.29, 0.717) is 6.04 Å². The Labute approximate surface area is 123 Å². The van der Waals surface area contributed by atoms with Crippen LogP contribution in [-0.4, -0.2) is 21.6 Å². The molecule has 1 aliphatic rings. The molecule has 5 heteroatoms. The number of hydrogen-bond acceptors (Lipinski definition) is 5. The molecule has 0 N–H and O–H groups in total. The summed E-state index contributed by atoms with van der Waals surface area (Å²) in [7, 11) is 0. The number of aromatic nitrogens is 2. The van der Waals surface area contributed by atoms with Crippen LogP contribution in [0.15, 0.2) is 21.2 Å². The summed E-state index contributed by atoms with van der Waals surface area (Å²) in [5.74, 6) is 1.45. The summed E-state index contributed by atoms with van der Waals surface area (Å²) in [6, 6.07) is 2.73. The smallest absolute Gasteiger partial charge is 0.230 e. The zero-order chi connectivity index (χ0) is 14.2. The van der Waals surface area contributed by atoms with Crippen molar-refractivity contribution in [3.63, 3.8) is 0 Å². The van der Waals surface area contributed by atoms with Crippen molar-refractivity contribution in [2.24, 2.45) is 0 Å². The molecule has 1 saturated heterocycles. The maximum absolute atomic E-state index is 5.81. The van der Waals surface area contributed by atoms with Crippen LogP contribution in [-0.2, 0) is 12.0 Å². The van der Waals surface area contributed by atoms with Gasteiger partial charge in [-0.2, -0.15) is 11.3 Å². The van der Waals surface area contributed by atoms with Crippen molar-refractivity contribution in [3.8, 4) is 0 Å². The first-order valence-electron chi connectivity index (χ1n) is 7.13. The first kappa shape index (κ1) is 13.8. The highest BCUT2D eigenvalue weighted by Gasteiger charge is 2.28. The molecule has 0 amide bonds. The minimum atomic E-state index is -0.0803. The molecule has 2 aromatic rings. The average molecular weight is 291 g/mol. The molecule has 0 unspecified atom stereocenters. The maximum atomic E-state index is 5.81. The van der Waals surface area contributed by atoms with E-state index >= 15 is 0 Å². The summed E-state index contributed by atoms with van der Waals surface area (Å²) in [6.07, 6.45) is 2.46. The van der Waals surface area contributed by atoms with Crippen LogP contribution < -0.4 is 0 Å². The summed E-state index contributed by atoms with van der Waals surface area (Å²) < 4.78 is 5.81. The number of thiophene rings is 1. The SMILES string of the molecule is CC(C)(C)c1nnc(CN2CCC[C@H]2c2ccsc2)o1. The summed E-state index contributed by atoms with van der Waals surface area (Å²) in [4.78, 5) is 2.45. The quantitative estimate of drug-likeness (QED) is 0.863. The van der Waals surface area contributed by atoms with Gasteiger partial charge in [0.2, 0.25) is 11.8 Å². The summed E-state index contributed by atoms with van der Waals surface area (Å²) >= 11 is 1.76. The summed E-state index contributed by atoms with van der Waals surface area (Å²) in [6.45, 7) is 8.13. The monoisotopic (exact) mass is 291 g/mol. The Morgan fingerprint density at radius 3 is 2.90 bits per heavy atom. The van der Waals surface area contributed by atoms with E-state index in [4.69, 9.17) is 4.42 Å². The molecule has 1 atom stereocenters. The first-order valence-corrected chi connectivity index (χ1v) is 8.07. The van der Waals surface area contributed by atoms with Crippen molar-refractivity contribution in [1.29, 1.82) is 0 Å². The molecular formula is C15H21N3OS. The fraction of sp³-hybridized carbons (Fsp3) is 0.600. The largest absolute Gasteiger partial charge is 0.423 e. The number of nitrogens with zero attached hydrogens (tertiary/aromatic N) is 3. The topological polar surface area (TPSA) is 42.2 Å². The van der Waals surface area contributed by atoms with Gasteiger partial charge in [0, 0.05) is 11.5 Å². The van der Waals surface area contributed by atoms with E-state index in [0.717, 1.165) is 24.9 Å². The zero-order valence-electron chi connectivity index (χ0n) is 12.3. The van der Waals surface area contributed by atoms with Crippen LogP contribution >= 0.6 is 11.3 Å². The molecule has 2 aromatic heterocycles. The lowest BCUT2D eigenvalue weighted by molar-refractivity contribution is 0.218. The van der Waals surface area contributed by atoms with Crippen LogP contribution in [0.2, 0.25) is 0 Å². The minimum absolute atomic E-state index is 0.0803. The summed E-state index contributed by atoms with van der Waals surface area (Å²) in [5.41, 5.74) is 1.34. The normalized spacial score (nSPS) is 20.6. The standard InChI is InChI=1S/C15H21N3OS/c1-15(2,3)14-17-16-13(19-14)9-18-7-4-5-12(18)11-6-8-20-10-11/h6,8,10,12H,4-5,7,9H2,1-3H3/t12-/m0/s1. The lowest BCUT2D eigenvalue weighted by Crippen LogP contribution is -2.22. The van der Waals surface area contributed by atoms with Crippen LogP contribution in [0.4, 0.5) is 0 Å². The first-order chi connectivity index (χ1) is 9.54. The van der Waals surface area contributed by atoms with Crippen LogP contribution in [0.3, 0.4) is 0 Å². The Balaban J connectivity index is 1.72. The maximum Gasteiger partial charge on any atom is 0.230 e. The Kier molecular flexibility index (Phi) is 3.65. The van der Waals surface area contributed by atoms with Crippen LogP contribution in [0.1, 0.15) is 57.0 Å². The fourth-order valence-corrected chi connectivity index (χ4v) is 3.36. The second-order valence-corrected chi connectivity index (χ2v) is 7.22. The van der Waals surface area contributed by atoms with Gasteiger partial charge in [0.05, 0.1) is 6.54 Å². The van der Waals surface area contributed by atoms with Crippen molar-refractivity contribution < 1.29 is 4.42 Å². The second-order valence-electron chi connectivity index (χ2n) is 6.44. The molecule has 3 rings (SSSR count). The van der Waals surface area contributed by atoms with E-state index in [1.807, 2.05) is 0 Å². The molecule has 0 saturated carbocycles. The molecule has 0 bridgehead atoms.